The molecule has 0 spiro atoms. The first-order chi connectivity index (χ1) is 7.26. The van der Waals surface area contributed by atoms with Crippen LogP contribution in [0.5, 0.6) is 5.75 Å². The van der Waals surface area contributed by atoms with Crippen LogP contribution >= 0.6 is 0 Å². The molecule has 4 nitrogen and oxygen atoms in total. The molecule has 1 rings (SSSR count). The maximum absolute atomic E-state index is 11.1. The molecule has 0 unspecified atom stereocenters. The molecule has 0 saturated carbocycles. The van der Waals surface area contributed by atoms with Gasteiger partial charge in [0.15, 0.2) is 6.61 Å². The highest BCUT2D eigenvalue weighted by Gasteiger charge is 2.01. The van der Waals surface area contributed by atoms with E-state index in [0.717, 1.165) is 5.75 Å². The van der Waals surface area contributed by atoms with E-state index in [9.17, 15) is 4.79 Å². The van der Waals surface area contributed by atoms with Crippen LogP contribution in [0.25, 0.3) is 0 Å². The Morgan fingerprint density at radius 3 is 2.67 bits per heavy atom. The third-order valence-electron chi connectivity index (χ3n) is 1.62. The van der Waals surface area contributed by atoms with Crippen molar-refractivity contribution in [3.05, 3.63) is 24.3 Å². The van der Waals surface area contributed by atoms with Gasteiger partial charge in [0, 0.05) is 5.69 Å². The van der Waals surface area contributed by atoms with Crippen molar-refractivity contribution in [3.63, 3.8) is 0 Å². The summed E-state index contributed by atoms with van der Waals surface area (Å²) in [6.45, 7) is -0.0397. The number of benzene rings is 1. The van der Waals surface area contributed by atoms with Gasteiger partial charge in [-0.2, -0.15) is 0 Å². The van der Waals surface area contributed by atoms with E-state index in [1.165, 1.54) is 0 Å². The van der Waals surface area contributed by atoms with Gasteiger partial charge in [0.1, 0.15) is 5.75 Å². The zero-order valence-electron chi connectivity index (χ0n) is 8.32. The number of nitrogens with one attached hydrogen (secondary N) is 1. The molecule has 1 aromatic rings. The van der Waals surface area contributed by atoms with Crippen LogP contribution in [0.2, 0.25) is 0 Å². The lowest BCUT2D eigenvalue weighted by molar-refractivity contribution is 0.176. The third-order valence-corrected chi connectivity index (χ3v) is 1.62. The van der Waals surface area contributed by atoms with Gasteiger partial charge in [0.25, 0.3) is 0 Å². The Hall–Kier alpha value is -2.15. The summed E-state index contributed by atoms with van der Waals surface area (Å²) in [6.07, 6.45) is 4.37. The zero-order valence-corrected chi connectivity index (χ0v) is 8.32. The lowest BCUT2D eigenvalue weighted by Crippen LogP contribution is -2.13. The Morgan fingerprint density at radius 2 is 2.13 bits per heavy atom. The number of rotatable bonds is 3. The van der Waals surface area contributed by atoms with Crippen molar-refractivity contribution in [3.8, 4) is 18.1 Å². The first-order valence-electron chi connectivity index (χ1n) is 4.27. The lowest BCUT2D eigenvalue weighted by atomic mass is 10.3. The summed E-state index contributed by atoms with van der Waals surface area (Å²) in [5, 5.41) is 2.52. The Morgan fingerprint density at radius 1 is 1.47 bits per heavy atom. The van der Waals surface area contributed by atoms with Gasteiger partial charge in [0.05, 0.1) is 7.11 Å². The first kappa shape index (κ1) is 10.9. The van der Waals surface area contributed by atoms with Crippen LogP contribution in [0, 0.1) is 12.3 Å². The molecular weight excluding hydrogens is 194 g/mol. The zero-order chi connectivity index (χ0) is 11.1. The Bertz CT molecular complexity index is 364. The topological polar surface area (TPSA) is 47.6 Å². The van der Waals surface area contributed by atoms with Crippen LogP contribution < -0.4 is 10.1 Å². The number of carbonyl (C=O) groups excluding carboxylic acids is 1. The number of methoxy groups -OCH3 is 1. The second-order valence-corrected chi connectivity index (χ2v) is 2.63. The van der Waals surface area contributed by atoms with Gasteiger partial charge in [0.2, 0.25) is 0 Å². The van der Waals surface area contributed by atoms with E-state index in [1.54, 1.807) is 31.4 Å². The fraction of sp³-hybridized carbons (Fsp3) is 0.182. The molecule has 0 atom stereocenters. The average Bonchev–Trinajstić information content (AvgIpc) is 2.27. The number of hydrogen-bond acceptors (Lipinski definition) is 3. The lowest BCUT2D eigenvalue weighted by Gasteiger charge is -2.05. The second kappa shape index (κ2) is 5.55. The van der Waals surface area contributed by atoms with Gasteiger partial charge in [-0.3, -0.25) is 5.32 Å². The quantitative estimate of drug-likeness (QED) is 0.766. The molecule has 78 valence electrons. The van der Waals surface area contributed by atoms with Crippen LogP contribution in [-0.2, 0) is 4.74 Å². The molecule has 0 aliphatic carbocycles. The van der Waals surface area contributed by atoms with E-state index in [-0.39, 0.29) is 6.61 Å². The molecule has 0 bridgehead atoms. The van der Waals surface area contributed by atoms with E-state index in [2.05, 4.69) is 16.0 Å². The molecule has 1 aromatic carbocycles. The summed E-state index contributed by atoms with van der Waals surface area (Å²) >= 11 is 0. The van der Waals surface area contributed by atoms with Crippen molar-refractivity contribution in [1.29, 1.82) is 0 Å². The minimum atomic E-state index is -0.571. The van der Waals surface area contributed by atoms with E-state index >= 15 is 0 Å². The maximum atomic E-state index is 11.1. The summed E-state index contributed by atoms with van der Waals surface area (Å²) < 4.78 is 9.60. The van der Waals surface area contributed by atoms with Gasteiger partial charge >= 0.3 is 6.09 Å². The summed E-state index contributed by atoms with van der Waals surface area (Å²) in [5.74, 6) is 2.92. The van der Waals surface area contributed by atoms with Crippen molar-refractivity contribution in [2.75, 3.05) is 19.0 Å². The highest BCUT2D eigenvalue weighted by atomic mass is 16.5. The van der Waals surface area contributed by atoms with Crippen LogP contribution in [-0.4, -0.2) is 19.8 Å². The number of ether oxygens (including phenoxy) is 2. The van der Waals surface area contributed by atoms with Gasteiger partial charge in [-0.15, -0.1) is 6.42 Å². The van der Waals surface area contributed by atoms with Crippen molar-refractivity contribution < 1.29 is 14.3 Å². The average molecular weight is 205 g/mol. The van der Waals surface area contributed by atoms with E-state index in [0.29, 0.717) is 5.69 Å². The maximum Gasteiger partial charge on any atom is 0.412 e. The second-order valence-electron chi connectivity index (χ2n) is 2.63. The summed E-state index contributed by atoms with van der Waals surface area (Å²) in [4.78, 5) is 11.1. The molecule has 0 aliphatic rings. The van der Waals surface area contributed by atoms with E-state index < -0.39 is 6.09 Å². The molecule has 0 radical (unpaired) electrons. The number of terminal acetylenes is 1. The van der Waals surface area contributed by atoms with Crippen molar-refractivity contribution in [2.24, 2.45) is 0 Å². The molecule has 0 heterocycles. The first-order valence-corrected chi connectivity index (χ1v) is 4.27. The van der Waals surface area contributed by atoms with E-state index in [1.807, 2.05) is 0 Å². The molecule has 1 N–H and O–H groups in total. The standard InChI is InChI=1S/C11H11NO3/c1-3-8-15-11(13)12-9-4-6-10(14-2)7-5-9/h1,4-7H,8H2,2H3,(H,12,13). The molecule has 0 saturated heterocycles. The Balaban J connectivity index is 2.50. The monoisotopic (exact) mass is 205 g/mol. The van der Waals surface area contributed by atoms with Gasteiger partial charge in [-0.05, 0) is 24.3 Å². The summed E-state index contributed by atoms with van der Waals surface area (Å²) in [5.41, 5.74) is 0.623. The largest absolute Gasteiger partial charge is 0.497 e. The molecule has 1 amide bonds. The predicted molar refractivity (Wildman–Crippen MR) is 56.8 cm³/mol. The summed E-state index contributed by atoms with van der Waals surface area (Å²) in [6, 6.07) is 6.87. The smallest absolute Gasteiger partial charge is 0.412 e. The fourth-order valence-corrected chi connectivity index (χ4v) is 0.936. The van der Waals surface area contributed by atoms with E-state index in [4.69, 9.17) is 11.2 Å². The number of amides is 1. The minimum Gasteiger partial charge on any atom is -0.497 e. The summed E-state index contributed by atoms with van der Waals surface area (Å²) in [7, 11) is 1.57. The van der Waals surface area contributed by atoms with Crippen LogP contribution in [0.3, 0.4) is 0 Å². The molecule has 0 fully saturated rings. The van der Waals surface area contributed by atoms with Crippen molar-refractivity contribution >= 4 is 11.8 Å². The molecule has 15 heavy (non-hydrogen) atoms. The van der Waals surface area contributed by atoms with Gasteiger partial charge in [-0.25, -0.2) is 4.79 Å². The van der Waals surface area contributed by atoms with Crippen LogP contribution in [0.4, 0.5) is 10.5 Å². The number of anilines is 1. The van der Waals surface area contributed by atoms with Gasteiger partial charge in [-0.1, -0.05) is 5.92 Å². The molecule has 0 aliphatic heterocycles. The van der Waals surface area contributed by atoms with Gasteiger partial charge < -0.3 is 9.47 Å². The van der Waals surface area contributed by atoms with Crippen LogP contribution in [0.1, 0.15) is 0 Å². The Labute approximate surface area is 88.2 Å². The normalized spacial score (nSPS) is 8.80. The fourth-order valence-electron chi connectivity index (χ4n) is 0.936. The molecular formula is C11H11NO3. The minimum absolute atomic E-state index is 0.0397. The van der Waals surface area contributed by atoms with Crippen LogP contribution in [0.15, 0.2) is 24.3 Å². The number of carbonyl (C=O) groups is 1. The van der Waals surface area contributed by atoms with Crippen molar-refractivity contribution in [2.45, 2.75) is 0 Å². The predicted octanol–water partition coefficient (Wildman–Crippen LogP) is 1.88. The third kappa shape index (κ3) is 3.61. The number of hydrogen-bond donors (Lipinski definition) is 1. The molecule has 0 aromatic heterocycles. The van der Waals surface area contributed by atoms with Crippen molar-refractivity contribution in [1.82, 2.24) is 0 Å². The highest BCUT2D eigenvalue weighted by molar-refractivity contribution is 5.84. The highest BCUT2D eigenvalue weighted by Crippen LogP contribution is 2.14. The Kier molecular flexibility index (Phi) is 4.05. The SMILES string of the molecule is C#CCOC(=O)Nc1ccc(OC)cc1. The molecule has 4 heteroatoms.